The zero-order chi connectivity index (χ0) is 19.3. The van der Waals surface area contributed by atoms with Crippen LogP contribution in [0.5, 0.6) is 5.75 Å². The summed E-state index contributed by atoms with van der Waals surface area (Å²) in [5, 5.41) is 4.65. The van der Waals surface area contributed by atoms with Crippen molar-refractivity contribution >= 4 is 28.1 Å². The molecule has 2 aromatic heterocycles. The molecule has 0 N–H and O–H groups in total. The van der Waals surface area contributed by atoms with E-state index in [0.717, 1.165) is 21.5 Å². The average Bonchev–Trinajstić information content (AvgIpc) is 3.21. The lowest BCUT2D eigenvalue weighted by atomic mass is 10.1. The fraction of sp³-hybridized carbons (Fsp3) is 0.136. The largest absolute Gasteiger partial charge is 0.493 e. The van der Waals surface area contributed by atoms with E-state index in [4.69, 9.17) is 9.47 Å². The summed E-state index contributed by atoms with van der Waals surface area (Å²) in [7, 11) is 0. The number of carbonyl (C=O) groups is 1. The molecular weight excluding hydrogens is 372 g/mol. The number of hydrogen-bond donors (Lipinski definition) is 0. The monoisotopic (exact) mass is 390 g/mol. The Bertz CT molecular complexity index is 1110. The van der Waals surface area contributed by atoms with Crippen LogP contribution >= 0.6 is 11.3 Å². The summed E-state index contributed by atoms with van der Waals surface area (Å²) in [5.41, 5.74) is 1.91. The fourth-order valence-electron chi connectivity index (χ4n) is 2.85. The lowest BCUT2D eigenvalue weighted by Crippen LogP contribution is -2.08. The lowest BCUT2D eigenvalue weighted by Gasteiger charge is -2.11. The summed E-state index contributed by atoms with van der Waals surface area (Å²) in [5.74, 6) is 0.0974. The summed E-state index contributed by atoms with van der Waals surface area (Å²) in [6, 6.07) is 17.2. The first-order valence-corrected chi connectivity index (χ1v) is 9.81. The molecule has 5 nitrogen and oxygen atoms in total. The van der Waals surface area contributed by atoms with Gasteiger partial charge in [0.1, 0.15) is 22.9 Å². The summed E-state index contributed by atoms with van der Waals surface area (Å²) in [4.78, 5) is 21.5. The second-order valence-corrected chi connectivity index (χ2v) is 6.92. The highest BCUT2D eigenvalue weighted by Gasteiger charge is 2.16. The zero-order valence-corrected chi connectivity index (χ0v) is 16.1. The Morgan fingerprint density at radius 3 is 2.61 bits per heavy atom. The third-order valence-electron chi connectivity index (χ3n) is 4.15. The molecule has 0 bridgehead atoms. The van der Waals surface area contributed by atoms with Gasteiger partial charge in [-0.1, -0.05) is 30.3 Å². The van der Waals surface area contributed by atoms with Gasteiger partial charge in [0, 0.05) is 11.6 Å². The number of fused-ring (bicyclic) bond motifs is 1. The predicted octanol–water partition coefficient (Wildman–Crippen LogP) is 5.11. The molecule has 0 unspecified atom stereocenters. The van der Waals surface area contributed by atoms with E-state index in [1.807, 2.05) is 66.9 Å². The Kier molecular flexibility index (Phi) is 5.30. The van der Waals surface area contributed by atoms with Crippen molar-refractivity contribution in [3.8, 4) is 16.5 Å². The van der Waals surface area contributed by atoms with Crippen molar-refractivity contribution in [3.05, 3.63) is 77.4 Å². The molecule has 6 heteroatoms. The van der Waals surface area contributed by atoms with Crippen LogP contribution in [0.1, 0.15) is 23.0 Å². The molecule has 4 aromatic rings. The highest BCUT2D eigenvalue weighted by atomic mass is 32.1. The van der Waals surface area contributed by atoms with Crippen molar-refractivity contribution < 1.29 is 14.3 Å². The maximum atomic E-state index is 12.7. The zero-order valence-electron chi connectivity index (χ0n) is 15.3. The van der Waals surface area contributed by atoms with Gasteiger partial charge in [0.25, 0.3) is 0 Å². The molecule has 0 saturated heterocycles. The van der Waals surface area contributed by atoms with E-state index >= 15 is 0 Å². The SMILES string of the molecule is CCOc1cc2ccccc2cc1C(=O)OCc1csc(-c2ccccn2)n1. The molecule has 0 aliphatic heterocycles. The Morgan fingerprint density at radius 1 is 1.07 bits per heavy atom. The molecule has 2 aromatic carbocycles. The van der Waals surface area contributed by atoms with Crippen molar-refractivity contribution in [2.24, 2.45) is 0 Å². The van der Waals surface area contributed by atoms with Crippen LogP contribution in [0.25, 0.3) is 21.5 Å². The number of pyridine rings is 1. The molecule has 4 rings (SSSR count). The van der Waals surface area contributed by atoms with E-state index in [0.29, 0.717) is 23.6 Å². The smallest absolute Gasteiger partial charge is 0.342 e. The van der Waals surface area contributed by atoms with Crippen LogP contribution < -0.4 is 4.74 Å². The van der Waals surface area contributed by atoms with E-state index in [1.54, 1.807) is 6.20 Å². The lowest BCUT2D eigenvalue weighted by molar-refractivity contribution is 0.0464. The number of nitrogens with zero attached hydrogens (tertiary/aromatic N) is 2. The van der Waals surface area contributed by atoms with Crippen molar-refractivity contribution in [1.82, 2.24) is 9.97 Å². The number of carbonyl (C=O) groups excluding carboxylic acids is 1. The van der Waals surface area contributed by atoms with Crippen LogP contribution in [0, 0.1) is 0 Å². The number of esters is 1. The fourth-order valence-corrected chi connectivity index (χ4v) is 3.63. The molecular formula is C22H18N2O3S. The highest BCUT2D eigenvalue weighted by Crippen LogP contribution is 2.27. The van der Waals surface area contributed by atoms with E-state index in [2.05, 4.69) is 9.97 Å². The van der Waals surface area contributed by atoms with Gasteiger partial charge in [0.2, 0.25) is 0 Å². The first kappa shape index (κ1) is 18.1. The molecule has 0 aliphatic rings. The average molecular weight is 390 g/mol. The molecule has 0 aliphatic carbocycles. The number of rotatable bonds is 6. The summed E-state index contributed by atoms with van der Waals surface area (Å²) in [6.45, 7) is 2.46. The predicted molar refractivity (Wildman–Crippen MR) is 110 cm³/mol. The number of aromatic nitrogens is 2. The third-order valence-corrected chi connectivity index (χ3v) is 5.07. The van der Waals surface area contributed by atoms with Crippen molar-refractivity contribution in [3.63, 3.8) is 0 Å². The van der Waals surface area contributed by atoms with Crippen LogP contribution in [-0.2, 0) is 11.3 Å². The second kappa shape index (κ2) is 8.19. The van der Waals surface area contributed by atoms with E-state index in [-0.39, 0.29) is 6.61 Å². The van der Waals surface area contributed by atoms with Gasteiger partial charge in [-0.25, -0.2) is 9.78 Å². The Hall–Kier alpha value is -3.25. The summed E-state index contributed by atoms with van der Waals surface area (Å²) in [6.07, 6.45) is 1.73. The molecule has 2 heterocycles. The van der Waals surface area contributed by atoms with Crippen LogP contribution in [0.3, 0.4) is 0 Å². The number of ether oxygens (including phenoxy) is 2. The maximum absolute atomic E-state index is 12.7. The topological polar surface area (TPSA) is 61.3 Å². The highest BCUT2D eigenvalue weighted by molar-refractivity contribution is 7.13. The normalized spacial score (nSPS) is 10.8. The molecule has 0 spiro atoms. The molecule has 0 saturated carbocycles. The van der Waals surface area contributed by atoms with Gasteiger partial charge < -0.3 is 9.47 Å². The van der Waals surface area contributed by atoms with E-state index in [9.17, 15) is 4.79 Å². The van der Waals surface area contributed by atoms with Crippen LogP contribution in [0.4, 0.5) is 0 Å². The van der Waals surface area contributed by atoms with E-state index in [1.165, 1.54) is 11.3 Å². The van der Waals surface area contributed by atoms with E-state index < -0.39 is 5.97 Å². The van der Waals surface area contributed by atoms with Gasteiger partial charge in [0.05, 0.1) is 18.0 Å². The van der Waals surface area contributed by atoms with Crippen LogP contribution in [0.2, 0.25) is 0 Å². The molecule has 140 valence electrons. The second-order valence-electron chi connectivity index (χ2n) is 6.06. The number of hydrogen-bond acceptors (Lipinski definition) is 6. The molecule has 0 fully saturated rings. The van der Waals surface area contributed by atoms with Gasteiger partial charge in [-0.05, 0) is 42.0 Å². The quantitative estimate of drug-likeness (QED) is 0.428. The third kappa shape index (κ3) is 3.87. The van der Waals surface area contributed by atoms with Gasteiger partial charge >= 0.3 is 5.97 Å². The number of thiazole rings is 1. The Morgan fingerprint density at radius 2 is 1.86 bits per heavy atom. The van der Waals surface area contributed by atoms with Gasteiger partial charge in [-0.2, -0.15) is 0 Å². The Balaban J connectivity index is 1.52. The standard InChI is InChI=1S/C22H18N2O3S/c1-2-26-20-12-16-8-4-3-7-15(16)11-18(20)22(25)27-13-17-14-28-21(24-17)19-9-5-6-10-23-19/h3-12,14H,2,13H2,1H3. The summed E-state index contributed by atoms with van der Waals surface area (Å²) < 4.78 is 11.2. The Labute approximate surface area is 166 Å². The first-order chi connectivity index (χ1) is 13.7. The first-order valence-electron chi connectivity index (χ1n) is 8.93. The van der Waals surface area contributed by atoms with Gasteiger partial charge in [0.15, 0.2) is 0 Å². The molecule has 0 atom stereocenters. The minimum atomic E-state index is -0.429. The maximum Gasteiger partial charge on any atom is 0.342 e. The van der Waals surface area contributed by atoms with Crippen molar-refractivity contribution in [2.45, 2.75) is 13.5 Å². The van der Waals surface area contributed by atoms with Gasteiger partial charge in [-0.3, -0.25) is 4.98 Å². The minimum Gasteiger partial charge on any atom is -0.493 e. The number of benzene rings is 2. The van der Waals surface area contributed by atoms with Crippen molar-refractivity contribution in [1.29, 1.82) is 0 Å². The van der Waals surface area contributed by atoms with Gasteiger partial charge in [-0.15, -0.1) is 11.3 Å². The van der Waals surface area contributed by atoms with Crippen LogP contribution in [0.15, 0.2) is 66.2 Å². The molecule has 28 heavy (non-hydrogen) atoms. The van der Waals surface area contributed by atoms with Crippen LogP contribution in [-0.4, -0.2) is 22.5 Å². The molecule has 0 radical (unpaired) electrons. The van der Waals surface area contributed by atoms with Crippen molar-refractivity contribution in [2.75, 3.05) is 6.61 Å². The minimum absolute atomic E-state index is 0.0978. The molecule has 0 amide bonds. The summed E-state index contributed by atoms with van der Waals surface area (Å²) >= 11 is 1.47.